The Morgan fingerprint density at radius 2 is 1.67 bits per heavy atom. The monoisotopic (exact) mass is 330 g/mol. The molecular formula is C19H26N2O3. The molecule has 5 heteroatoms. The molecule has 0 unspecified atom stereocenters. The molecule has 1 aliphatic heterocycles. The number of amides is 1. The molecule has 1 saturated carbocycles. The lowest BCUT2D eigenvalue weighted by Crippen LogP contribution is -2.29. The Bertz CT molecular complexity index is 579. The summed E-state index contributed by atoms with van der Waals surface area (Å²) in [5, 5.41) is 12.0. The number of nitrogens with zero attached hydrogens (tertiary/aromatic N) is 1. The van der Waals surface area contributed by atoms with E-state index in [0.717, 1.165) is 12.1 Å². The van der Waals surface area contributed by atoms with Crippen molar-refractivity contribution in [2.24, 2.45) is 11.8 Å². The topological polar surface area (TPSA) is 69.6 Å². The second-order valence-electron chi connectivity index (χ2n) is 7.06. The molecule has 5 nitrogen and oxygen atoms in total. The van der Waals surface area contributed by atoms with Gasteiger partial charge in [-0.3, -0.25) is 14.5 Å². The van der Waals surface area contributed by atoms with Crippen LogP contribution in [0, 0.1) is 11.8 Å². The fourth-order valence-corrected chi connectivity index (χ4v) is 3.74. The Hall–Kier alpha value is -1.88. The second kappa shape index (κ2) is 7.79. The van der Waals surface area contributed by atoms with E-state index in [1.54, 1.807) is 0 Å². The van der Waals surface area contributed by atoms with Gasteiger partial charge in [0, 0.05) is 19.0 Å². The summed E-state index contributed by atoms with van der Waals surface area (Å²) < 4.78 is 0. The zero-order valence-corrected chi connectivity index (χ0v) is 14.0. The summed E-state index contributed by atoms with van der Waals surface area (Å²) in [4.78, 5) is 25.6. The summed E-state index contributed by atoms with van der Waals surface area (Å²) in [5.41, 5.74) is 2.40. The summed E-state index contributed by atoms with van der Waals surface area (Å²) in [6.45, 7) is 3.90. The molecule has 1 saturated heterocycles. The van der Waals surface area contributed by atoms with Crippen molar-refractivity contribution >= 4 is 11.9 Å². The first kappa shape index (κ1) is 17.0. The number of rotatable bonds is 6. The molecule has 0 radical (unpaired) electrons. The van der Waals surface area contributed by atoms with Crippen molar-refractivity contribution in [3.8, 4) is 0 Å². The number of carboxylic acids is 1. The normalized spacial score (nSPS) is 24.2. The minimum absolute atomic E-state index is 0.0140. The second-order valence-corrected chi connectivity index (χ2v) is 7.06. The van der Waals surface area contributed by atoms with Gasteiger partial charge in [0.05, 0.1) is 5.92 Å². The SMILES string of the molecule is O=C(O)[C@@H]1CC[C@H](C(=O)NCc2ccc(CN3CCCC3)cc2)C1. The molecule has 2 aliphatic rings. The highest BCUT2D eigenvalue weighted by Crippen LogP contribution is 2.31. The van der Waals surface area contributed by atoms with Crippen LogP contribution in [-0.4, -0.2) is 35.0 Å². The fraction of sp³-hybridized carbons (Fsp3) is 0.579. The van der Waals surface area contributed by atoms with E-state index in [0.29, 0.717) is 25.8 Å². The van der Waals surface area contributed by atoms with Crippen LogP contribution in [0.15, 0.2) is 24.3 Å². The first-order chi connectivity index (χ1) is 11.6. The summed E-state index contributed by atoms with van der Waals surface area (Å²) >= 11 is 0. The molecule has 24 heavy (non-hydrogen) atoms. The number of benzene rings is 1. The van der Waals surface area contributed by atoms with E-state index >= 15 is 0 Å². The van der Waals surface area contributed by atoms with Crippen LogP contribution in [0.1, 0.15) is 43.2 Å². The summed E-state index contributed by atoms with van der Waals surface area (Å²) in [6.07, 6.45) is 4.36. The standard InChI is InChI=1S/C19H26N2O3/c22-18(16-7-8-17(11-16)19(23)24)20-12-14-3-5-15(6-4-14)13-21-9-1-2-10-21/h3-6,16-17H,1-2,7-13H2,(H,20,22)(H,23,24)/t16-,17+/m0/s1. The highest BCUT2D eigenvalue weighted by Gasteiger charge is 2.33. The molecule has 1 aliphatic carbocycles. The maximum Gasteiger partial charge on any atom is 0.306 e. The van der Waals surface area contributed by atoms with Crippen LogP contribution < -0.4 is 5.32 Å². The van der Waals surface area contributed by atoms with Gasteiger partial charge in [-0.05, 0) is 56.3 Å². The van der Waals surface area contributed by atoms with E-state index in [1.807, 2.05) is 0 Å². The van der Waals surface area contributed by atoms with Gasteiger partial charge in [0.15, 0.2) is 0 Å². The zero-order valence-electron chi connectivity index (χ0n) is 14.0. The average molecular weight is 330 g/mol. The van der Waals surface area contributed by atoms with Gasteiger partial charge in [-0.25, -0.2) is 0 Å². The molecule has 1 amide bonds. The minimum Gasteiger partial charge on any atom is -0.481 e. The lowest BCUT2D eigenvalue weighted by atomic mass is 10.0. The first-order valence-electron chi connectivity index (χ1n) is 8.92. The largest absolute Gasteiger partial charge is 0.481 e. The van der Waals surface area contributed by atoms with E-state index in [9.17, 15) is 9.59 Å². The molecule has 1 heterocycles. The van der Waals surface area contributed by atoms with Crippen molar-refractivity contribution < 1.29 is 14.7 Å². The van der Waals surface area contributed by atoms with Crippen molar-refractivity contribution in [1.82, 2.24) is 10.2 Å². The Morgan fingerprint density at radius 3 is 2.29 bits per heavy atom. The maximum atomic E-state index is 12.2. The van der Waals surface area contributed by atoms with E-state index in [4.69, 9.17) is 5.11 Å². The zero-order chi connectivity index (χ0) is 16.9. The van der Waals surface area contributed by atoms with E-state index in [1.165, 1.54) is 31.5 Å². The molecule has 3 rings (SSSR count). The Kier molecular flexibility index (Phi) is 5.51. The summed E-state index contributed by atoms with van der Waals surface area (Å²) in [6, 6.07) is 8.41. The first-order valence-corrected chi connectivity index (χ1v) is 8.92. The number of hydrogen-bond donors (Lipinski definition) is 2. The third-order valence-corrected chi connectivity index (χ3v) is 5.25. The predicted octanol–water partition coefficient (Wildman–Crippen LogP) is 2.40. The number of aliphatic carboxylic acids is 1. The lowest BCUT2D eigenvalue weighted by Gasteiger charge is -2.15. The van der Waals surface area contributed by atoms with Crippen LogP contribution in [-0.2, 0) is 22.7 Å². The molecule has 0 bridgehead atoms. The highest BCUT2D eigenvalue weighted by atomic mass is 16.4. The number of nitrogens with one attached hydrogen (secondary N) is 1. The van der Waals surface area contributed by atoms with Gasteiger partial charge in [-0.1, -0.05) is 24.3 Å². The van der Waals surface area contributed by atoms with E-state index in [-0.39, 0.29) is 17.7 Å². The molecule has 1 aromatic carbocycles. The third kappa shape index (κ3) is 4.35. The molecule has 2 atom stereocenters. The van der Waals surface area contributed by atoms with Gasteiger partial charge in [0.1, 0.15) is 0 Å². The van der Waals surface area contributed by atoms with Crippen molar-refractivity contribution in [3.63, 3.8) is 0 Å². The van der Waals surface area contributed by atoms with Crippen LogP contribution in [0.25, 0.3) is 0 Å². The smallest absolute Gasteiger partial charge is 0.306 e. The molecule has 130 valence electrons. The molecule has 1 aromatic rings. The number of carbonyl (C=O) groups excluding carboxylic acids is 1. The molecule has 0 aromatic heterocycles. The van der Waals surface area contributed by atoms with Crippen molar-refractivity contribution in [1.29, 1.82) is 0 Å². The Balaban J connectivity index is 1.44. The van der Waals surface area contributed by atoms with Gasteiger partial charge >= 0.3 is 5.97 Å². The Morgan fingerprint density at radius 1 is 1.04 bits per heavy atom. The van der Waals surface area contributed by atoms with Gasteiger partial charge in [0.2, 0.25) is 5.91 Å². The quantitative estimate of drug-likeness (QED) is 0.840. The number of likely N-dealkylation sites (tertiary alicyclic amines) is 1. The van der Waals surface area contributed by atoms with Gasteiger partial charge in [-0.15, -0.1) is 0 Å². The van der Waals surface area contributed by atoms with Crippen LogP contribution >= 0.6 is 0 Å². The van der Waals surface area contributed by atoms with Crippen LogP contribution in [0.4, 0.5) is 0 Å². The van der Waals surface area contributed by atoms with Crippen molar-refractivity contribution in [3.05, 3.63) is 35.4 Å². The average Bonchev–Trinajstić information content (AvgIpc) is 3.25. The lowest BCUT2D eigenvalue weighted by molar-refractivity contribution is -0.141. The van der Waals surface area contributed by atoms with Gasteiger partial charge in [0.25, 0.3) is 0 Å². The molecular weight excluding hydrogens is 304 g/mol. The van der Waals surface area contributed by atoms with Crippen LogP contribution in [0.2, 0.25) is 0 Å². The van der Waals surface area contributed by atoms with E-state index in [2.05, 4.69) is 34.5 Å². The predicted molar refractivity (Wildman–Crippen MR) is 91.3 cm³/mol. The molecule has 2 fully saturated rings. The maximum absolute atomic E-state index is 12.2. The number of carbonyl (C=O) groups is 2. The van der Waals surface area contributed by atoms with Crippen molar-refractivity contribution in [2.75, 3.05) is 13.1 Å². The Labute approximate surface area is 143 Å². The minimum atomic E-state index is -0.779. The highest BCUT2D eigenvalue weighted by molar-refractivity contribution is 5.80. The fourth-order valence-electron chi connectivity index (χ4n) is 3.74. The van der Waals surface area contributed by atoms with Gasteiger partial charge < -0.3 is 10.4 Å². The summed E-state index contributed by atoms with van der Waals surface area (Å²) in [7, 11) is 0. The number of hydrogen-bond acceptors (Lipinski definition) is 3. The van der Waals surface area contributed by atoms with Gasteiger partial charge in [-0.2, -0.15) is 0 Å². The molecule has 0 spiro atoms. The molecule has 2 N–H and O–H groups in total. The summed E-state index contributed by atoms with van der Waals surface area (Å²) in [5.74, 6) is -1.30. The van der Waals surface area contributed by atoms with E-state index < -0.39 is 5.97 Å². The van der Waals surface area contributed by atoms with Crippen LogP contribution in [0.5, 0.6) is 0 Å². The van der Waals surface area contributed by atoms with Crippen LogP contribution in [0.3, 0.4) is 0 Å². The third-order valence-electron chi connectivity index (χ3n) is 5.25. The van der Waals surface area contributed by atoms with Crippen molar-refractivity contribution in [2.45, 2.75) is 45.2 Å². The number of carboxylic acid groups (broad SMARTS) is 1.